The largest absolute Gasteiger partial charge is 0.345 e. The monoisotopic (exact) mass is 377 g/mol. The Labute approximate surface area is 159 Å². The van der Waals surface area contributed by atoms with E-state index in [-0.39, 0.29) is 36.1 Å². The van der Waals surface area contributed by atoms with Crippen LogP contribution in [0.3, 0.4) is 0 Å². The number of hydrogen-bond acceptors (Lipinski definition) is 4. The van der Waals surface area contributed by atoms with Crippen molar-refractivity contribution in [1.29, 1.82) is 0 Å². The highest BCUT2D eigenvalue weighted by Crippen LogP contribution is 2.29. The number of amides is 2. The fourth-order valence-corrected chi connectivity index (χ4v) is 3.16. The second-order valence-corrected chi connectivity index (χ2v) is 6.59. The van der Waals surface area contributed by atoms with Crippen molar-refractivity contribution in [3.63, 3.8) is 0 Å². The number of hydrogen-bond donors (Lipinski definition) is 2. The first-order valence-corrected chi connectivity index (χ1v) is 8.27. The molecule has 1 aromatic heterocycles. The van der Waals surface area contributed by atoms with E-state index in [2.05, 4.69) is 15.7 Å². The molecule has 2 heterocycles. The summed E-state index contributed by atoms with van der Waals surface area (Å²) in [5, 5.41) is 10.4. The Kier molecular flexibility index (Phi) is 6.39. The summed E-state index contributed by atoms with van der Waals surface area (Å²) in [6.45, 7) is 1.38. The molecule has 0 aliphatic carbocycles. The molecule has 1 saturated heterocycles. The van der Waals surface area contributed by atoms with Gasteiger partial charge < -0.3 is 15.5 Å². The molecule has 2 aromatic rings. The highest BCUT2D eigenvalue weighted by Gasteiger charge is 2.34. The Hall–Kier alpha value is -2.38. The maximum absolute atomic E-state index is 12.7. The van der Waals surface area contributed by atoms with Gasteiger partial charge in [0.2, 0.25) is 5.91 Å². The smallest absolute Gasteiger partial charge is 0.253 e. The van der Waals surface area contributed by atoms with Crippen LogP contribution in [0.15, 0.2) is 36.7 Å². The Balaban J connectivity index is 0.00000243. The van der Waals surface area contributed by atoms with E-state index >= 15 is 0 Å². The summed E-state index contributed by atoms with van der Waals surface area (Å²) in [7, 11) is 5.28. The zero-order valence-electron chi connectivity index (χ0n) is 15.1. The molecule has 0 spiro atoms. The minimum Gasteiger partial charge on any atom is -0.345 e. The molecule has 1 fully saturated rings. The molecule has 2 atom stereocenters. The van der Waals surface area contributed by atoms with Gasteiger partial charge in [0.1, 0.15) is 0 Å². The lowest BCUT2D eigenvalue weighted by molar-refractivity contribution is -0.119. The second kappa shape index (κ2) is 8.33. The van der Waals surface area contributed by atoms with Crippen LogP contribution in [0.5, 0.6) is 0 Å². The number of aryl methyl sites for hydroxylation is 1. The van der Waals surface area contributed by atoms with Gasteiger partial charge in [0.25, 0.3) is 5.91 Å². The van der Waals surface area contributed by atoms with Crippen molar-refractivity contribution in [2.75, 3.05) is 32.5 Å². The van der Waals surface area contributed by atoms with Crippen LogP contribution in [-0.4, -0.2) is 53.7 Å². The van der Waals surface area contributed by atoms with Crippen LogP contribution in [0.2, 0.25) is 0 Å². The number of rotatable bonds is 4. The molecule has 0 saturated carbocycles. The Morgan fingerprint density at radius 3 is 2.73 bits per heavy atom. The van der Waals surface area contributed by atoms with Gasteiger partial charge in [-0.15, -0.1) is 12.4 Å². The summed E-state index contributed by atoms with van der Waals surface area (Å²) >= 11 is 0. The number of halogens is 1. The summed E-state index contributed by atoms with van der Waals surface area (Å²) in [6.07, 6.45) is 3.77. The summed E-state index contributed by atoms with van der Waals surface area (Å²) in [4.78, 5) is 26.3. The van der Waals surface area contributed by atoms with Crippen LogP contribution >= 0.6 is 12.4 Å². The topological polar surface area (TPSA) is 79.3 Å². The van der Waals surface area contributed by atoms with Crippen molar-refractivity contribution in [2.24, 2.45) is 13.0 Å². The molecule has 1 aliphatic rings. The van der Waals surface area contributed by atoms with Gasteiger partial charge in [-0.05, 0) is 23.8 Å². The Morgan fingerprint density at radius 2 is 2.08 bits per heavy atom. The van der Waals surface area contributed by atoms with Crippen molar-refractivity contribution in [3.8, 4) is 0 Å². The Morgan fingerprint density at radius 1 is 1.31 bits per heavy atom. The molecule has 0 bridgehead atoms. The van der Waals surface area contributed by atoms with Gasteiger partial charge in [0, 0.05) is 57.6 Å². The quantitative estimate of drug-likeness (QED) is 0.846. The fraction of sp³-hybridized carbons (Fsp3) is 0.389. The van der Waals surface area contributed by atoms with Gasteiger partial charge in [-0.3, -0.25) is 14.3 Å². The number of nitrogens with one attached hydrogen (secondary N) is 2. The van der Waals surface area contributed by atoms with Crippen molar-refractivity contribution in [3.05, 3.63) is 47.8 Å². The minimum atomic E-state index is -0.169. The van der Waals surface area contributed by atoms with Crippen molar-refractivity contribution in [1.82, 2.24) is 20.0 Å². The molecule has 2 N–H and O–H groups in total. The predicted molar refractivity (Wildman–Crippen MR) is 103 cm³/mol. The van der Waals surface area contributed by atoms with E-state index in [0.29, 0.717) is 17.8 Å². The van der Waals surface area contributed by atoms with Gasteiger partial charge >= 0.3 is 0 Å². The maximum atomic E-state index is 12.7. The lowest BCUT2D eigenvalue weighted by atomic mass is 9.90. The summed E-state index contributed by atoms with van der Waals surface area (Å²) in [5.41, 5.74) is 2.25. The third-order valence-corrected chi connectivity index (χ3v) is 4.49. The van der Waals surface area contributed by atoms with Crippen LogP contribution in [-0.2, 0) is 11.8 Å². The average molecular weight is 378 g/mol. The molecule has 140 valence electrons. The number of carbonyl (C=O) groups excluding carboxylic acids is 2. The van der Waals surface area contributed by atoms with E-state index in [9.17, 15) is 9.59 Å². The molecule has 1 aliphatic heterocycles. The van der Waals surface area contributed by atoms with Crippen LogP contribution in [0.25, 0.3) is 0 Å². The predicted octanol–water partition coefficient (Wildman–Crippen LogP) is 1.49. The average Bonchev–Trinajstić information content (AvgIpc) is 3.22. The number of carbonyl (C=O) groups is 2. The molecule has 0 unspecified atom stereocenters. The highest BCUT2D eigenvalue weighted by atomic mass is 35.5. The number of benzene rings is 1. The van der Waals surface area contributed by atoms with Gasteiger partial charge in [-0.25, -0.2) is 0 Å². The first-order valence-electron chi connectivity index (χ1n) is 8.27. The minimum absolute atomic E-state index is 0. The number of nitrogens with zero attached hydrogens (tertiary/aromatic N) is 3. The van der Waals surface area contributed by atoms with E-state index in [1.165, 1.54) is 4.90 Å². The van der Waals surface area contributed by atoms with Crippen LogP contribution in [0, 0.1) is 5.92 Å². The van der Waals surface area contributed by atoms with Crippen molar-refractivity contribution < 1.29 is 9.59 Å². The van der Waals surface area contributed by atoms with E-state index in [4.69, 9.17) is 0 Å². The molecular formula is C18H24ClN5O2. The fourth-order valence-electron chi connectivity index (χ4n) is 3.16. The molecule has 8 heteroatoms. The van der Waals surface area contributed by atoms with Crippen molar-refractivity contribution in [2.45, 2.75) is 5.92 Å². The SMILES string of the molecule is CN(C)C(=O)c1cccc(NC(=O)[C@H]2CNC[C@@H]2c2cnn(C)c2)c1.Cl. The molecule has 3 rings (SSSR count). The second-order valence-electron chi connectivity index (χ2n) is 6.59. The molecular weight excluding hydrogens is 354 g/mol. The third-order valence-electron chi connectivity index (χ3n) is 4.49. The van der Waals surface area contributed by atoms with E-state index in [0.717, 1.165) is 12.1 Å². The molecule has 7 nitrogen and oxygen atoms in total. The van der Waals surface area contributed by atoms with E-state index < -0.39 is 0 Å². The van der Waals surface area contributed by atoms with Gasteiger partial charge in [-0.1, -0.05) is 6.07 Å². The van der Waals surface area contributed by atoms with E-state index in [1.54, 1.807) is 43.0 Å². The summed E-state index contributed by atoms with van der Waals surface area (Å²) < 4.78 is 1.75. The van der Waals surface area contributed by atoms with Gasteiger partial charge in [0.15, 0.2) is 0 Å². The molecule has 1 aromatic carbocycles. The van der Waals surface area contributed by atoms with Gasteiger partial charge in [-0.2, -0.15) is 5.10 Å². The number of aromatic nitrogens is 2. The zero-order chi connectivity index (χ0) is 18.0. The lowest BCUT2D eigenvalue weighted by Crippen LogP contribution is -2.28. The van der Waals surface area contributed by atoms with E-state index in [1.807, 2.05) is 19.4 Å². The van der Waals surface area contributed by atoms with Crippen LogP contribution < -0.4 is 10.6 Å². The standard InChI is InChI=1S/C18H23N5O2.ClH/c1-22(2)18(25)12-5-4-6-14(7-12)21-17(24)16-10-19-9-15(16)13-8-20-23(3)11-13;/h4-8,11,15-16,19H,9-10H2,1-3H3,(H,21,24);1H/t15-,16+;/m1./s1. The third kappa shape index (κ3) is 4.23. The maximum Gasteiger partial charge on any atom is 0.253 e. The Bertz CT molecular complexity index is 789. The number of anilines is 1. The van der Waals surface area contributed by atoms with Crippen molar-refractivity contribution >= 4 is 29.9 Å². The first-order chi connectivity index (χ1) is 12.0. The lowest BCUT2D eigenvalue weighted by Gasteiger charge is -2.17. The highest BCUT2D eigenvalue weighted by molar-refractivity contribution is 5.97. The molecule has 2 amide bonds. The molecule has 0 radical (unpaired) electrons. The van der Waals surface area contributed by atoms with Gasteiger partial charge in [0.05, 0.1) is 12.1 Å². The van der Waals surface area contributed by atoms with Crippen LogP contribution in [0.4, 0.5) is 5.69 Å². The first kappa shape index (κ1) is 19.9. The summed E-state index contributed by atoms with van der Waals surface area (Å²) in [6, 6.07) is 7.03. The van der Waals surface area contributed by atoms with Crippen LogP contribution in [0.1, 0.15) is 21.8 Å². The molecule has 26 heavy (non-hydrogen) atoms. The zero-order valence-corrected chi connectivity index (χ0v) is 15.9. The normalized spacial score (nSPS) is 18.9. The summed E-state index contributed by atoms with van der Waals surface area (Å²) in [5.74, 6) is -0.210.